The van der Waals surface area contributed by atoms with Gasteiger partial charge in [0.25, 0.3) is 5.69 Å². The van der Waals surface area contributed by atoms with Gasteiger partial charge in [-0.1, -0.05) is 0 Å². The predicted octanol–water partition coefficient (Wildman–Crippen LogP) is 2.09. The molecule has 0 unspecified atom stereocenters. The lowest BCUT2D eigenvalue weighted by Crippen LogP contribution is -1.95. The van der Waals surface area contributed by atoms with Crippen LogP contribution in [0.15, 0.2) is 28.7 Å². The van der Waals surface area contributed by atoms with Crippen LogP contribution in [0.3, 0.4) is 0 Å². The van der Waals surface area contributed by atoms with Crippen molar-refractivity contribution in [1.82, 2.24) is 4.98 Å². The molecule has 104 valence electrons. The lowest BCUT2D eigenvalue weighted by atomic mass is 10.2. The molecular weight excluding hydrogens is 282 g/mol. The van der Waals surface area contributed by atoms with Crippen LogP contribution in [-0.4, -0.2) is 23.2 Å². The molecule has 20 heavy (non-hydrogen) atoms. The van der Waals surface area contributed by atoms with E-state index in [1.54, 1.807) is 11.4 Å². The highest BCUT2D eigenvalue weighted by molar-refractivity contribution is 7.14. The molecule has 9 heteroatoms. The largest absolute Gasteiger partial charge is 0.496 e. The maximum Gasteiger partial charge on any atom is 0.273 e. The zero-order valence-corrected chi connectivity index (χ0v) is 11.3. The molecule has 0 saturated heterocycles. The maximum absolute atomic E-state index is 10.8. The topological polar surface area (TPSA) is 116 Å². The Balaban J connectivity index is 2.15. The van der Waals surface area contributed by atoms with Crippen LogP contribution in [0, 0.1) is 10.1 Å². The Bertz CT molecular complexity index is 655. The van der Waals surface area contributed by atoms with Crippen LogP contribution in [0.25, 0.3) is 0 Å². The summed E-state index contributed by atoms with van der Waals surface area (Å²) in [7, 11) is 1.44. The number of rotatable bonds is 5. The molecule has 2 aromatic rings. The third kappa shape index (κ3) is 3.42. The number of hydrogen-bond acceptors (Lipinski definition) is 8. The summed E-state index contributed by atoms with van der Waals surface area (Å²) in [4.78, 5) is 14.3. The van der Waals surface area contributed by atoms with Crippen LogP contribution < -0.4 is 15.9 Å². The lowest BCUT2D eigenvalue weighted by Gasteiger charge is -2.01. The van der Waals surface area contributed by atoms with Crippen molar-refractivity contribution in [2.24, 2.45) is 5.10 Å². The molecule has 0 fully saturated rings. The van der Waals surface area contributed by atoms with E-state index in [4.69, 9.17) is 10.5 Å². The van der Waals surface area contributed by atoms with Crippen LogP contribution in [-0.2, 0) is 0 Å². The Morgan fingerprint density at radius 3 is 2.95 bits per heavy atom. The van der Waals surface area contributed by atoms with Gasteiger partial charge in [-0.3, -0.25) is 15.5 Å². The highest BCUT2D eigenvalue weighted by Crippen LogP contribution is 2.22. The fraction of sp³-hybridized carbons (Fsp3) is 0.0909. The number of benzene rings is 1. The van der Waals surface area contributed by atoms with Crippen LogP contribution in [0.2, 0.25) is 0 Å². The van der Waals surface area contributed by atoms with Gasteiger partial charge in [-0.05, 0) is 6.07 Å². The van der Waals surface area contributed by atoms with Gasteiger partial charge in [0.2, 0.25) is 5.13 Å². The number of ether oxygens (including phenoxy) is 1. The minimum absolute atomic E-state index is 0.0655. The van der Waals surface area contributed by atoms with Crippen molar-refractivity contribution < 1.29 is 9.66 Å². The molecule has 0 spiro atoms. The molecule has 1 heterocycles. The van der Waals surface area contributed by atoms with Gasteiger partial charge in [0.15, 0.2) is 0 Å². The van der Waals surface area contributed by atoms with Crippen molar-refractivity contribution in [3.8, 4) is 5.75 Å². The van der Waals surface area contributed by atoms with Gasteiger partial charge in [-0.15, -0.1) is 11.3 Å². The number of nitrogens with zero attached hydrogens (tertiary/aromatic N) is 3. The third-order valence-corrected chi connectivity index (χ3v) is 3.02. The third-order valence-electron chi connectivity index (χ3n) is 2.26. The normalized spacial score (nSPS) is 10.7. The molecule has 8 nitrogen and oxygen atoms in total. The summed E-state index contributed by atoms with van der Waals surface area (Å²) in [6.45, 7) is 0. The molecule has 0 aliphatic heterocycles. The number of nitro groups is 1. The quantitative estimate of drug-likeness (QED) is 0.495. The van der Waals surface area contributed by atoms with Crippen LogP contribution in [0.4, 0.5) is 16.6 Å². The molecule has 0 saturated carbocycles. The first-order valence-electron chi connectivity index (χ1n) is 5.42. The monoisotopic (exact) mass is 293 g/mol. The zero-order valence-electron chi connectivity index (χ0n) is 10.4. The first-order chi connectivity index (χ1) is 9.58. The number of anilines is 2. The molecule has 0 aliphatic carbocycles. The van der Waals surface area contributed by atoms with E-state index in [-0.39, 0.29) is 5.69 Å². The van der Waals surface area contributed by atoms with Crippen molar-refractivity contribution >= 4 is 34.2 Å². The van der Waals surface area contributed by atoms with Crippen molar-refractivity contribution in [2.75, 3.05) is 18.3 Å². The molecule has 0 amide bonds. The number of non-ortho nitro benzene ring substituents is 1. The summed E-state index contributed by atoms with van der Waals surface area (Å²) in [6.07, 6.45) is 1.44. The van der Waals surface area contributed by atoms with E-state index in [9.17, 15) is 10.1 Å². The smallest absolute Gasteiger partial charge is 0.273 e. The van der Waals surface area contributed by atoms with E-state index in [0.717, 1.165) is 0 Å². The summed E-state index contributed by atoms with van der Waals surface area (Å²) in [5, 5.41) is 16.9. The second-order valence-electron chi connectivity index (χ2n) is 3.67. The molecule has 0 aliphatic rings. The Morgan fingerprint density at radius 2 is 2.35 bits per heavy atom. The number of nitro benzene ring substituents is 1. The van der Waals surface area contributed by atoms with Crippen molar-refractivity contribution in [3.63, 3.8) is 0 Å². The van der Waals surface area contributed by atoms with Crippen molar-refractivity contribution in [1.29, 1.82) is 0 Å². The summed E-state index contributed by atoms with van der Waals surface area (Å²) < 4.78 is 5.00. The molecule has 2 rings (SSSR count). The van der Waals surface area contributed by atoms with E-state index >= 15 is 0 Å². The van der Waals surface area contributed by atoms with Gasteiger partial charge in [-0.25, -0.2) is 4.98 Å². The fourth-order valence-electron chi connectivity index (χ4n) is 1.40. The number of nitrogen functional groups attached to an aromatic ring is 1. The van der Waals surface area contributed by atoms with E-state index in [1.165, 1.54) is 36.8 Å². The Hall–Kier alpha value is -2.68. The van der Waals surface area contributed by atoms with Gasteiger partial charge in [0.1, 0.15) is 11.6 Å². The van der Waals surface area contributed by atoms with E-state index in [2.05, 4.69) is 15.5 Å². The van der Waals surface area contributed by atoms with Crippen LogP contribution in [0.5, 0.6) is 5.75 Å². The Morgan fingerprint density at radius 1 is 1.55 bits per heavy atom. The summed E-state index contributed by atoms with van der Waals surface area (Å²) >= 11 is 1.31. The maximum atomic E-state index is 10.8. The Labute approximate surface area is 118 Å². The highest BCUT2D eigenvalue weighted by Gasteiger charge is 2.09. The van der Waals surface area contributed by atoms with Gasteiger partial charge < -0.3 is 10.5 Å². The number of aromatic nitrogens is 1. The molecule has 0 bridgehead atoms. The van der Waals surface area contributed by atoms with Crippen LogP contribution >= 0.6 is 11.3 Å². The van der Waals surface area contributed by atoms with Gasteiger partial charge in [0.05, 0.1) is 24.3 Å². The lowest BCUT2D eigenvalue weighted by molar-refractivity contribution is -0.384. The molecule has 3 N–H and O–H groups in total. The molecule has 0 radical (unpaired) electrons. The average Bonchev–Trinajstić information content (AvgIpc) is 2.84. The zero-order chi connectivity index (χ0) is 14.5. The van der Waals surface area contributed by atoms with Gasteiger partial charge in [0, 0.05) is 17.0 Å². The number of nitrogens with one attached hydrogen (secondary N) is 1. The number of thiazole rings is 1. The second-order valence-corrected chi connectivity index (χ2v) is 4.53. The minimum atomic E-state index is -0.491. The predicted molar refractivity (Wildman–Crippen MR) is 77.4 cm³/mol. The second kappa shape index (κ2) is 5.97. The first-order valence-corrected chi connectivity index (χ1v) is 6.30. The van der Waals surface area contributed by atoms with Gasteiger partial charge >= 0.3 is 0 Å². The van der Waals surface area contributed by atoms with Crippen LogP contribution in [0.1, 0.15) is 5.56 Å². The Kier molecular flexibility index (Phi) is 4.11. The number of hydrogen-bond donors (Lipinski definition) is 2. The minimum Gasteiger partial charge on any atom is -0.496 e. The van der Waals surface area contributed by atoms with E-state index in [0.29, 0.717) is 22.3 Å². The van der Waals surface area contributed by atoms with Crippen molar-refractivity contribution in [2.45, 2.75) is 0 Å². The van der Waals surface area contributed by atoms with E-state index in [1.807, 2.05) is 0 Å². The summed E-state index contributed by atoms with van der Waals surface area (Å²) in [5.74, 6) is 0.795. The number of methoxy groups -OCH3 is 1. The first kappa shape index (κ1) is 13.7. The number of nitrogens with two attached hydrogens (primary N) is 1. The van der Waals surface area contributed by atoms with Crippen molar-refractivity contribution in [3.05, 3.63) is 39.3 Å². The molecular formula is C11H11N5O3S. The summed E-state index contributed by atoms with van der Waals surface area (Å²) in [5.41, 5.74) is 8.62. The SMILES string of the molecule is COc1cc(C=NNc2nc(N)cs2)cc([N+](=O)[O-])c1. The fourth-order valence-corrected chi connectivity index (χ4v) is 1.95. The van der Waals surface area contributed by atoms with Gasteiger partial charge in [-0.2, -0.15) is 5.10 Å². The van der Waals surface area contributed by atoms with E-state index < -0.39 is 4.92 Å². The molecule has 0 atom stereocenters. The molecule has 1 aromatic heterocycles. The highest BCUT2D eigenvalue weighted by atomic mass is 32.1. The number of hydrazone groups is 1. The average molecular weight is 293 g/mol. The summed E-state index contributed by atoms with van der Waals surface area (Å²) in [6, 6.07) is 4.37. The molecule has 1 aromatic carbocycles. The standard InChI is InChI=1S/C11H11N5O3S/c1-19-9-3-7(2-8(4-9)16(17)18)5-13-15-11-14-10(12)6-20-11/h2-6H,12H2,1H3,(H,14,15).